The Hall–Kier alpha value is -1.12. The molecule has 0 atom stereocenters. The molecule has 0 fully saturated rings. The molecule has 2 N–H and O–H groups in total. The molecule has 1 rings (SSSR count). The fourth-order valence-electron chi connectivity index (χ4n) is 1.43. The first-order valence-corrected chi connectivity index (χ1v) is 9.24. The first-order chi connectivity index (χ1) is 8.62. The number of sulfonamides is 1. The van der Waals surface area contributed by atoms with Crippen LogP contribution in [0.4, 0.5) is 5.69 Å². The molecule has 0 amide bonds. The summed E-state index contributed by atoms with van der Waals surface area (Å²) in [4.78, 5) is 0. The van der Waals surface area contributed by atoms with Gasteiger partial charge in [-0.15, -0.1) is 0 Å². The molecule has 1 aromatic rings. The highest BCUT2D eigenvalue weighted by atomic mass is 32.2. The van der Waals surface area contributed by atoms with Crippen molar-refractivity contribution < 1.29 is 16.8 Å². The van der Waals surface area contributed by atoms with Gasteiger partial charge in [-0.25, -0.2) is 21.1 Å². The number of hydrogen-bond acceptors (Lipinski definition) is 5. The molecule has 0 unspecified atom stereocenters. The number of nitrogen functional groups attached to an aromatic ring is 1. The summed E-state index contributed by atoms with van der Waals surface area (Å²) < 4.78 is 47.0. The third-order valence-corrected chi connectivity index (χ3v) is 5.64. The predicted octanol–water partition coefficient (Wildman–Crippen LogP) is 0.0750. The van der Waals surface area contributed by atoms with Crippen molar-refractivity contribution in [1.82, 2.24) is 4.31 Å². The molecule has 0 saturated heterocycles. The summed E-state index contributed by atoms with van der Waals surface area (Å²) in [5, 5.41) is 0. The van der Waals surface area contributed by atoms with E-state index in [1.54, 1.807) is 24.3 Å². The Morgan fingerprint density at radius 2 is 1.68 bits per heavy atom. The van der Waals surface area contributed by atoms with Crippen LogP contribution in [0.3, 0.4) is 0 Å². The average molecular weight is 306 g/mol. The first kappa shape index (κ1) is 15.9. The van der Waals surface area contributed by atoms with Crippen LogP contribution >= 0.6 is 0 Å². The maximum absolute atomic E-state index is 11.9. The van der Waals surface area contributed by atoms with Gasteiger partial charge in [0.05, 0.1) is 11.5 Å². The van der Waals surface area contributed by atoms with Crippen molar-refractivity contribution >= 4 is 25.5 Å². The molecule has 0 spiro atoms. The lowest BCUT2D eigenvalue weighted by molar-refractivity contribution is 0.468. The minimum atomic E-state index is -3.61. The van der Waals surface area contributed by atoms with Crippen LogP contribution in [0.5, 0.6) is 0 Å². The molecule has 0 heterocycles. The Kier molecular flexibility index (Phi) is 4.94. The lowest BCUT2D eigenvalue weighted by Gasteiger charge is -2.17. The number of para-hydroxylation sites is 1. The number of anilines is 1. The number of benzene rings is 1. The largest absolute Gasteiger partial charge is 0.398 e. The SMILES string of the molecule is CN(Cc1ccccc1N)S(=O)(=O)CCS(C)(=O)=O. The van der Waals surface area contributed by atoms with E-state index < -0.39 is 25.6 Å². The zero-order valence-electron chi connectivity index (χ0n) is 10.9. The third-order valence-electron chi connectivity index (χ3n) is 2.64. The zero-order chi connectivity index (χ0) is 14.7. The highest BCUT2D eigenvalue weighted by Crippen LogP contribution is 2.14. The molecule has 6 nitrogen and oxygen atoms in total. The minimum Gasteiger partial charge on any atom is -0.398 e. The highest BCUT2D eigenvalue weighted by Gasteiger charge is 2.20. The summed E-state index contributed by atoms with van der Waals surface area (Å²) in [6.45, 7) is 0.124. The van der Waals surface area contributed by atoms with E-state index in [2.05, 4.69) is 0 Å². The van der Waals surface area contributed by atoms with Crippen LogP contribution in [0.1, 0.15) is 5.56 Å². The Morgan fingerprint density at radius 3 is 2.21 bits per heavy atom. The van der Waals surface area contributed by atoms with Gasteiger partial charge in [0.2, 0.25) is 10.0 Å². The summed E-state index contributed by atoms with van der Waals surface area (Å²) in [7, 11) is -5.51. The van der Waals surface area contributed by atoms with Gasteiger partial charge in [0.25, 0.3) is 0 Å². The summed E-state index contributed by atoms with van der Waals surface area (Å²) in [6.07, 6.45) is 1.01. The Morgan fingerprint density at radius 1 is 1.11 bits per heavy atom. The summed E-state index contributed by atoms with van der Waals surface area (Å²) >= 11 is 0. The van der Waals surface area contributed by atoms with Gasteiger partial charge >= 0.3 is 0 Å². The second-order valence-corrected chi connectivity index (χ2v) is 8.86. The monoisotopic (exact) mass is 306 g/mol. The van der Waals surface area contributed by atoms with Crippen molar-refractivity contribution in [1.29, 1.82) is 0 Å². The van der Waals surface area contributed by atoms with Crippen LogP contribution in [0.25, 0.3) is 0 Å². The van der Waals surface area contributed by atoms with E-state index in [1.165, 1.54) is 7.05 Å². The first-order valence-electron chi connectivity index (χ1n) is 5.57. The molecule has 108 valence electrons. The van der Waals surface area contributed by atoms with Crippen LogP contribution in [-0.4, -0.2) is 45.9 Å². The summed E-state index contributed by atoms with van der Waals surface area (Å²) in [5.41, 5.74) is 6.93. The molecule has 1 aromatic carbocycles. The number of hydrogen-bond donors (Lipinski definition) is 1. The van der Waals surface area contributed by atoms with E-state index in [0.29, 0.717) is 11.3 Å². The van der Waals surface area contributed by atoms with Gasteiger partial charge in [0, 0.05) is 25.5 Å². The van der Waals surface area contributed by atoms with Crippen molar-refractivity contribution in [2.75, 3.05) is 30.5 Å². The fourth-order valence-corrected chi connectivity index (χ4v) is 4.13. The number of rotatable bonds is 6. The number of sulfone groups is 1. The number of nitrogens with two attached hydrogens (primary N) is 1. The van der Waals surface area contributed by atoms with E-state index in [4.69, 9.17) is 5.73 Å². The average Bonchev–Trinajstić information content (AvgIpc) is 2.29. The Labute approximate surface area is 114 Å². The van der Waals surface area contributed by atoms with E-state index in [1.807, 2.05) is 0 Å². The maximum Gasteiger partial charge on any atom is 0.215 e. The van der Waals surface area contributed by atoms with Crippen molar-refractivity contribution in [3.05, 3.63) is 29.8 Å². The quantitative estimate of drug-likeness (QED) is 0.750. The molecule has 0 aliphatic rings. The topological polar surface area (TPSA) is 97.5 Å². The molecular weight excluding hydrogens is 288 g/mol. The predicted molar refractivity (Wildman–Crippen MR) is 75.8 cm³/mol. The van der Waals surface area contributed by atoms with Gasteiger partial charge < -0.3 is 5.73 Å². The Balaban J connectivity index is 2.77. The molecule has 0 radical (unpaired) electrons. The highest BCUT2D eigenvalue weighted by molar-refractivity contribution is 7.93. The molecular formula is C11H18N2O4S2. The van der Waals surface area contributed by atoms with Crippen molar-refractivity contribution in [2.24, 2.45) is 0 Å². The lowest BCUT2D eigenvalue weighted by Crippen LogP contribution is -2.31. The van der Waals surface area contributed by atoms with Crippen LogP contribution in [0.2, 0.25) is 0 Å². The van der Waals surface area contributed by atoms with Crippen molar-refractivity contribution in [3.63, 3.8) is 0 Å². The molecule has 8 heteroatoms. The molecule has 19 heavy (non-hydrogen) atoms. The van der Waals surface area contributed by atoms with E-state index in [-0.39, 0.29) is 12.3 Å². The summed E-state index contributed by atoms with van der Waals surface area (Å²) in [6, 6.07) is 6.95. The normalized spacial score (nSPS) is 12.8. The van der Waals surface area contributed by atoms with Gasteiger partial charge in [-0.3, -0.25) is 0 Å². The minimum absolute atomic E-state index is 0.124. The van der Waals surface area contributed by atoms with Gasteiger partial charge in [-0.1, -0.05) is 18.2 Å². The molecule has 0 bridgehead atoms. The molecule has 0 aliphatic carbocycles. The van der Waals surface area contributed by atoms with Gasteiger partial charge in [0.15, 0.2) is 0 Å². The second kappa shape index (κ2) is 5.89. The van der Waals surface area contributed by atoms with Crippen molar-refractivity contribution in [3.8, 4) is 0 Å². The standard InChI is InChI=1S/C11H18N2O4S2/c1-13(9-10-5-3-4-6-11(10)12)19(16,17)8-7-18(2,14)15/h3-6H,7-9,12H2,1-2H3. The van der Waals surface area contributed by atoms with E-state index in [9.17, 15) is 16.8 Å². The van der Waals surface area contributed by atoms with Crippen LogP contribution < -0.4 is 5.73 Å². The van der Waals surface area contributed by atoms with Crippen LogP contribution in [-0.2, 0) is 26.4 Å². The lowest BCUT2D eigenvalue weighted by atomic mass is 10.2. The molecule has 0 aliphatic heterocycles. The number of nitrogens with zero attached hydrogens (tertiary/aromatic N) is 1. The maximum atomic E-state index is 11.9. The molecule has 0 aromatic heterocycles. The van der Waals surface area contributed by atoms with Gasteiger partial charge in [-0.2, -0.15) is 0 Å². The fraction of sp³-hybridized carbons (Fsp3) is 0.455. The third kappa shape index (κ3) is 5.17. The van der Waals surface area contributed by atoms with E-state index in [0.717, 1.165) is 10.6 Å². The van der Waals surface area contributed by atoms with Crippen molar-refractivity contribution in [2.45, 2.75) is 6.54 Å². The van der Waals surface area contributed by atoms with Gasteiger partial charge in [-0.05, 0) is 11.6 Å². The summed E-state index contributed by atoms with van der Waals surface area (Å²) in [5.74, 6) is -0.807. The zero-order valence-corrected chi connectivity index (χ0v) is 12.5. The van der Waals surface area contributed by atoms with Gasteiger partial charge in [0.1, 0.15) is 9.84 Å². The van der Waals surface area contributed by atoms with Crippen LogP contribution in [0, 0.1) is 0 Å². The Bertz CT molecular complexity index is 638. The van der Waals surface area contributed by atoms with E-state index >= 15 is 0 Å². The van der Waals surface area contributed by atoms with Crippen LogP contribution in [0.15, 0.2) is 24.3 Å². The second-order valence-electron chi connectivity index (χ2n) is 4.40. The smallest absolute Gasteiger partial charge is 0.215 e. The molecule has 0 saturated carbocycles.